The van der Waals surface area contributed by atoms with Crippen LogP contribution in [-0.4, -0.2) is 36.1 Å². The summed E-state index contributed by atoms with van der Waals surface area (Å²) >= 11 is 1.76. The molecule has 0 saturated carbocycles. The summed E-state index contributed by atoms with van der Waals surface area (Å²) < 4.78 is 0. The number of aromatic nitrogens is 2. The fourth-order valence-corrected chi connectivity index (χ4v) is 3.11. The predicted octanol–water partition coefficient (Wildman–Crippen LogP) is -0.0737. The third-order valence-corrected chi connectivity index (χ3v) is 3.96. The van der Waals surface area contributed by atoms with Crippen molar-refractivity contribution in [3.8, 4) is 0 Å². The molecule has 1 aromatic rings. The van der Waals surface area contributed by atoms with Crippen LogP contribution in [0.4, 0.5) is 5.95 Å². The Kier molecular flexibility index (Phi) is 2.61. The molecule has 0 amide bonds. The van der Waals surface area contributed by atoms with Crippen LogP contribution in [0.15, 0.2) is 4.79 Å². The molecule has 3 heterocycles. The molecule has 0 atom stereocenters. The van der Waals surface area contributed by atoms with Gasteiger partial charge in [-0.05, 0) is 0 Å². The van der Waals surface area contributed by atoms with Crippen molar-refractivity contribution >= 4 is 17.7 Å². The monoisotopic (exact) mass is 238 g/mol. The minimum atomic E-state index is 0.0449. The minimum Gasteiger partial charge on any atom is -0.340 e. The number of nitrogens with zero attached hydrogens (tertiary/aromatic N) is 2. The van der Waals surface area contributed by atoms with Gasteiger partial charge in [0.2, 0.25) is 5.95 Å². The van der Waals surface area contributed by atoms with Gasteiger partial charge in [0, 0.05) is 43.2 Å². The highest BCUT2D eigenvalue weighted by Crippen LogP contribution is 2.26. The third kappa shape index (κ3) is 1.72. The standard InChI is InChI=1S/C10H14N4OS/c15-9-7-5-16-6-8(7)12-10(13-9)14-3-1-11-2-4-14/h11H,1-6H2,(H,12,13,15). The molecular weight excluding hydrogens is 224 g/mol. The quantitative estimate of drug-likeness (QED) is 0.717. The zero-order valence-corrected chi connectivity index (χ0v) is 9.77. The molecule has 0 bridgehead atoms. The van der Waals surface area contributed by atoms with Gasteiger partial charge in [-0.15, -0.1) is 0 Å². The van der Waals surface area contributed by atoms with E-state index in [0.29, 0.717) is 0 Å². The zero-order chi connectivity index (χ0) is 11.0. The van der Waals surface area contributed by atoms with Crippen LogP contribution in [-0.2, 0) is 11.5 Å². The Morgan fingerprint density at radius 2 is 2.06 bits per heavy atom. The van der Waals surface area contributed by atoms with E-state index in [4.69, 9.17) is 0 Å². The van der Waals surface area contributed by atoms with Crippen molar-refractivity contribution in [1.82, 2.24) is 15.3 Å². The average Bonchev–Trinajstić information content (AvgIpc) is 2.79. The van der Waals surface area contributed by atoms with Crippen LogP contribution in [0.3, 0.4) is 0 Å². The number of rotatable bonds is 1. The van der Waals surface area contributed by atoms with Gasteiger partial charge < -0.3 is 10.2 Å². The Morgan fingerprint density at radius 1 is 1.25 bits per heavy atom. The fraction of sp³-hybridized carbons (Fsp3) is 0.600. The second-order valence-corrected chi connectivity index (χ2v) is 5.03. The fourth-order valence-electron chi connectivity index (χ4n) is 2.08. The zero-order valence-electron chi connectivity index (χ0n) is 8.95. The van der Waals surface area contributed by atoms with Crippen LogP contribution in [0.1, 0.15) is 11.3 Å². The van der Waals surface area contributed by atoms with E-state index in [9.17, 15) is 4.79 Å². The molecule has 3 rings (SSSR count). The lowest BCUT2D eigenvalue weighted by Gasteiger charge is -2.27. The Labute approximate surface area is 97.6 Å². The van der Waals surface area contributed by atoms with Gasteiger partial charge in [0.25, 0.3) is 5.56 Å². The number of thioether (sulfide) groups is 1. The van der Waals surface area contributed by atoms with E-state index in [-0.39, 0.29) is 5.56 Å². The second-order valence-electron chi connectivity index (χ2n) is 4.04. The first-order valence-corrected chi connectivity index (χ1v) is 6.65. The number of aromatic amines is 1. The first-order chi connectivity index (χ1) is 7.84. The molecule has 6 heteroatoms. The molecule has 0 unspecified atom stereocenters. The van der Waals surface area contributed by atoms with Gasteiger partial charge in [-0.3, -0.25) is 9.78 Å². The van der Waals surface area contributed by atoms with E-state index in [2.05, 4.69) is 20.2 Å². The van der Waals surface area contributed by atoms with E-state index in [1.807, 2.05) is 0 Å². The lowest BCUT2D eigenvalue weighted by Crippen LogP contribution is -2.45. The Hall–Kier alpha value is -1.01. The Morgan fingerprint density at radius 3 is 2.88 bits per heavy atom. The van der Waals surface area contributed by atoms with Crippen molar-refractivity contribution in [3.05, 3.63) is 21.6 Å². The molecule has 86 valence electrons. The topological polar surface area (TPSA) is 61.0 Å². The lowest BCUT2D eigenvalue weighted by atomic mass is 10.3. The molecular formula is C10H14N4OS. The SMILES string of the molecule is O=c1[nH]c(N2CCNCC2)nc2c1CSC2. The van der Waals surface area contributed by atoms with Crippen molar-refractivity contribution in [2.24, 2.45) is 0 Å². The number of nitrogens with one attached hydrogen (secondary N) is 2. The van der Waals surface area contributed by atoms with Crippen LogP contribution in [0.5, 0.6) is 0 Å². The number of anilines is 1. The summed E-state index contributed by atoms with van der Waals surface area (Å²) in [6, 6.07) is 0. The highest BCUT2D eigenvalue weighted by Gasteiger charge is 2.20. The molecule has 0 radical (unpaired) electrons. The van der Waals surface area contributed by atoms with Gasteiger partial charge in [0.05, 0.1) is 5.69 Å². The third-order valence-electron chi connectivity index (χ3n) is 2.99. The molecule has 5 nitrogen and oxygen atoms in total. The maximum absolute atomic E-state index is 11.8. The van der Waals surface area contributed by atoms with Gasteiger partial charge in [-0.2, -0.15) is 11.8 Å². The van der Waals surface area contributed by atoms with E-state index in [0.717, 1.165) is 54.9 Å². The van der Waals surface area contributed by atoms with Gasteiger partial charge >= 0.3 is 0 Å². The van der Waals surface area contributed by atoms with Crippen LogP contribution >= 0.6 is 11.8 Å². The van der Waals surface area contributed by atoms with Gasteiger partial charge in [-0.1, -0.05) is 0 Å². The molecule has 0 aliphatic carbocycles. The molecule has 1 fully saturated rings. The van der Waals surface area contributed by atoms with E-state index in [1.54, 1.807) is 11.8 Å². The summed E-state index contributed by atoms with van der Waals surface area (Å²) in [4.78, 5) is 21.4. The summed E-state index contributed by atoms with van der Waals surface area (Å²) in [7, 11) is 0. The molecule has 0 spiro atoms. The second kappa shape index (κ2) is 4.10. The smallest absolute Gasteiger partial charge is 0.256 e. The lowest BCUT2D eigenvalue weighted by molar-refractivity contribution is 0.578. The number of hydrogen-bond acceptors (Lipinski definition) is 5. The predicted molar refractivity (Wildman–Crippen MR) is 64.9 cm³/mol. The Bertz CT molecular complexity index is 453. The molecule has 1 aromatic heterocycles. The molecule has 0 aromatic carbocycles. The average molecular weight is 238 g/mol. The first kappa shape index (κ1) is 10.2. The summed E-state index contributed by atoms with van der Waals surface area (Å²) in [6.07, 6.45) is 0. The van der Waals surface area contributed by atoms with Crippen molar-refractivity contribution in [1.29, 1.82) is 0 Å². The Balaban J connectivity index is 1.96. The number of piperazine rings is 1. The van der Waals surface area contributed by atoms with E-state index >= 15 is 0 Å². The van der Waals surface area contributed by atoms with Crippen molar-refractivity contribution in [3.63, 3.8) is 0 Å². The summed E-state index contributed by atoms with van der Waals surface area (Å²) in [6.45, 7) is 3.73. The van der Waals surface area contributed by atoms with Crippen molar-refractivity contribution in [2.75, 3.05) is 31.1 Å². The summed E-state index contributed by atoms with van der Waals surface area (Å²) in [5.41, 5.74) is 1.88. The molecule has 1 saturated heterocycles. The van der Waals surface area contributed by atoms with Crippen LogP contribution in [0, 0.1) is 0 Å². The maximum atomic E-state index is 11.8. The largest absolute Gasteiger partial charge is 0.340 e. The maximum Gasteiger partial charge on any atom is 0.256 e. The number of fused-ring (bicyclic) bond motifs is 1. The van der Waals surface area contributed by atoms with Crippen molar-refractivity contribution < 1.29 is 0 Å². The van der Waals surface area contributed by atoms with Crippen LogP contribution < -0.4 is 15.8 Å². The van der Waals surface area contributed by atoms with Crippen LogP contribution in [0.2, 0.25) is 0 Å². The van der Waals surface area contributed by atoms with Gasteiger partial charge in [0.15, 0.2) is 0 Å². The number of H-pyrrole nitrogens is 1. The number of hydrogen-bond donors (Lipinski definition) is 2. The summed E-state index contributed by atoms with van der Waals surface area (Å²) in [5, 5.41) is 3.29. The first-order valence-electron chi connectivity index (χ1n) is 5.50. The molecule has 2 aliphatic heterocycles. The van der Waals surface area contributed by atoms with E-state index in [1.165, 1.54) is 0 Å². The summed E-state index contributed by atoms with van der Waals surface area (Å²) in [5.74, 6) is 2.42. The van der Waals surface area contributed by atoms with E-state index < -0.39 is 0 Å². The minimum absolute atomic E-state index is 0.0449. The molecule has 2 aliphatic rings. The van der Waals surface area contributed by atoms with Gasteiger partial charge in [0.1, 0.15) is 0 Å². The molecule has 16 heavy (non-hydrogen) atoms. The van der Waals surface area contributed by atoms with Crippen LogP contribution in [0.25, 0.3) is 0 Å². The van der Waals surface area contributed by atoms with Crippen molar-refractivity contribution in [2.45, 2.75) is 11.5 Å². The normalized spacial score (nSPS) is 19.9. The highest BCUT2D eigenvalue weighted by molar-refractivity contribution is 7.98. The highest BCUT2D eigenvalue weighted by atomic mass is 32.2. The van der Waals surface area contributed by atoms with Gasteiger partial charge in [-0.25, -0.2) is 4.98 Å². The molecule has 2 N–H and O–H groups in total.